The third-order valence-corrected chi connectivity index (χ3v) is 6.83. The summed E-state index contributed by atoms with van der Waals surface area (Å²) in [4.78, 5) is 77.4. The normalized spacial score (nSPS) is 16.7. The first-order valence-electron chi connectivity index (χ1n) is 15.0. The third kappa shape index (κ3) is 12.4. The van der Waals surface area contributed by atoms with Gasteiger partial charge in [-0.2, -0.15) is 0 Å². The van der Waals surface area contributed by atoms with Gasteiger partial charge in [0, 0.05) is 18.5 Å². The average Bonchev–Trinajstić information content (AvgIpc) is 3.33. The van der Waals surface area contributed by atoms with Crippen LogP contribution in [-0.2, 0) is 35.3 Å². The maximum absolute atomic E-state index is 13.5. The zero-order valence-corrected chi connectivity index (χ0v) is 26.0. The van der Waals surface area contributed by atoms with Crippen LogP contribution in [-0.4, -0.2) is 66.2 Å². The van der Waals surface area contributed by atoms with Crippen molar-refractivity contribution < 1.29 is 33.5 Å². The minimum absolute atomic E-state index is 0.0256. The van der Waals surface area contributed by atoms with Crippen molar-refractivity contribution in [3.8, 4) is 0 Å². The van der Waals surface area contributed by atoms with Crippen LogP contribution in [0.25, 0.3) is 0 Å². The Hall–Kier alpha value is -3.96. The van der Waals surface area contributed by atoms with Crippen molar-refractivity contribution in [1.29, 1.82) is 0 Å². The number of alkyl carbamates (subject to hydrolysis) is 1. The molecule has 3 unspecified atom stereocenters. The lowest BCUT2D eigenvalue weighted by Gasteiger charge is -2.27. The third-order valence-electron chi connectivity index (χ3n) is 6.83. The molecule has 0 aromatic heterocycles. The van der Waals surface area contributed by atoms with E-state index >= 15 is 0 Å². The summed E-state index contributed by atoms with van der Waals surface area (Å²) in [6.45, 7) is 11.4. The molecule has 5 amide bonds. The Morgan fingerprint density at radius 3 is 1.88 bits per heavy atom. The van der Waals surface area contributed by atoms with E-state index in [1.165, 1.54) is 0 Å². The molecule has 0 radical (unpaired) electrons. The van der Waals surface area contributed by atoms with Crippen LogP contribution < -0.4 is 26.6 Å². The number of amides is 5. The summed E-state index contributed by atoms with van der Waals surface area (Å²) in [6.07, 6.45) is 0.170. The van der Waals surface area contributed by atoms with Crippen molar-refractivity contribution in [2.24, 2.45) is 17.8 Å². The molecule has 12 nitrogen and oxygen atoms in total. The van der Waals surface area contributed by atoms with Crippen LogP contribution in [0.5, 0.6) is 0 Å². The van der Waals surface area contributed by atoms with Gasteiger partial charge in [-0.05, 0) is 56.9 Å². The highest BCUT2D eigenvalue weighted by Crippen LogP contribution is 2.18. The van der Waals surface area contributed by atoms with E-state index < -0.39 is 53.6 Å². The van der Waals surface area contributed by atoms with E-state index in [9.17, 15) is 28.8 Å². The van der Waals surface area contributed by atoms with Gasteiger partial charge in [-0.1, -0.05) is 58.0 Å². The smallest absolute Gasteiger partial charge is 0.408 e. The van der Waals surface area contributed by atoms with Gasteiger partial charge in [-0.3, -0.25) is 24.0 Å². The molecule has 0 aliphatic carbocycles. The maximum Gasteiger partial charge on any atom is 0.408 e. The fourth-order valence-corrected chi connectivity index (χ4v) is 4.74. The standard InChI is InChI=1S/C31H47N5O7/c1-18(2)14-24(28(39)34-23(16-22-12-13-32-27(22)38)26(37)30(41)33-20(5)6)35-29(40)25(15-19(3)4)36-31(42)43-17-21-10-8-7-9-11-21/h7-11,18-20,22-25H,12-17H2,1-6H3,(H,32,38)(H,33,41)(H,34,39)(H,35,40)(H,36,42)/t22-,23?,24?,25?/m0/s1. The number of benzene rings is 1. The molecule has 0 spiro atoms. The van der Waals surface area contributed by atoms with Gasteiger partial charge in [-0.15, -0.1) is 0 Å². The zero-order valence-electron chi connectivity index (χ0n) is 26.0. The van der Waals surface area contributed by atoms with Crippen molar-refractivity contribution in [2.75, 3.05) is 6.54 Å². The van der Waals surface area contributed by atoms with Crippen LogP contribution in [0.15, 0.2) is 30.3 Å². The fourth-order valence-electron chi connectivity index (χ4n) is 4.74. The van der Waals surface area contributed by atoms with Crippen LogP contribution >= 0.6 is 0 Å². The lowest BCUT2D eigenvalue weighted by molar-refractivity contribution is -0.141. The molecule has 1 aliphatic heterocycles. The second-order valence-electron chi connectivity index (χ2n) is 12.1. The Morgan fingerprint density at radius 1 is 0.814 bits per heavy atom. The van der Waals surface area contributed by atoms with Gasteiger partial charge in [0.2, 0.25) is 23.5 Å². The lowest BCUT2D eigenvalue weighted by Crippen LogP contribution is -2.57. The number of hydrogen-bond donors (Lipinski definition) is 5. The molecule has 1 heterocycles. The average molecular weight is 602 g/mol. The Labute approximate surface area is 253 Å². The zero-order chi connectivity index (χ0) is 32.1. The van der Waals surface area contributed by atoms with Crippen molar-refractivity contribution in [3.05, 3.63) is 35.9 Å². The Kier molecular flexibility index (Phi) is 14.1. The Bertz CT molecular complexity index is 1120. The molecule has 1 aromatic carbocycles. The SMILES string of the molecule is CC(C)CC(NC(=O)OCc1ccccc1)C(=O)NC(CC(C)C)C(=O)NC(C[C@@H]1CCNC1=O)C(=O)C(=O)NC(C)C. The molecule has 43 heavy (non-hydrogen) atoms. The van der Waals surface area contributed by atoms with Crippen molar-refractivity contribution in [1.82, 2.24) is 26.6 Å². The molecule has 1 aromatic rings. The maximum atomic E-state index is 13.5. The molecule has 238 valence electrons. The first-order chi connectivity index (χ1) is 20.3. The van der Waals surface area contributed by atoms with Gasteiger partial charge in [0.15, 0.2) is 0 Å². The van der Waals surface area contributed by atoms with Crippen LogP contribution in [0, 0.1) is 17.8 Å². The molecule has 1 fully saturated rings. The number of Topliss-reactive ketones (excluding diaryl/α,β-unsaturated/α-hetero) is 1. The molecular weight excluding hydrogens is 554 g/mol. The van der Waals surface area contributed by atoms with Crippen molar-refractivity contribution in [2.45, 2.75) is 98.0 Å². The van der Waals surface area contributed by atoms with Crippen LogP contribution in [0.2, 0.25) is 0 Å². The number of nitrogens with one attached hydrogen (secondary N) is 5. The van der Waals surface area contributed by atoms with Gasteiger partial charge in [-0.25, -0.2) is 4.79 Å². The number of ketones is 1. The topological polar surface area (TPSA) is 172 Å². The van der Waals surface area contributed by atoms with Gasteiger partial charge in [0.1, 0.15) is 18.7 Å². The van der Waals surface area contributed by atoms with E-state index in [4.69, 9.17) is 4.74 Å². The predicted molar refractivity (Wildman–Crippen MR) is 160 cm³/mol. The minimum Gasteiger partial charge on any atom is -0.445 e. The van der Waals surface area contributed by atoms with Crippen LogP contribution in [0.4, 0.5) is 4.79 Å². The van der Waals surface area contributed by atoms with Gasteiger partial charge < -0.3 is 31.3 Å². The first-order valence-corrected chi connectivity index (χ1v) is 15.0. The highest BCUT2D eigenvalue weighted by Gasteiger charge is 2.36. The summed E-state index contributed by atoms with van der Waals surface area (Å²) < 4.78 is 5.29. The second-order valence-corrected chi connectivity index (χ2v) is 12.1. The molecular formula is C31H47N5O7. The lowest BCUT2D eigenvalue weighted by atomic mass is 9.94. The minimum atomic E-state index is -1.26. The van der Waals surface area contributed by atoms with E-state index in [1.807, 2.05) is 58.0 Å². The van der Waals surface area contributed by atoms with Crippen molar-refractivity contribution >= 4 is 35.5 Å². The summed E-state index contributed by atoms with van der Waals surface area (Å²) in [5.41, 5.74) is 0.789. The largest absolute Gasteiger partial charge is 0.445 e. The predicted octanol–water partition coefficient (Wildman–Crippen LogP) is 1.96. The summed E-state index contributed by atoms with van der Waals surface area (Å²) >= 11 is 0. The van der Waals surface area contributed by atoms with E-state index in [2.05, 4.69) is 26.6 Å². The summed E-state index contributed by atoms with van der Waals surface area (Å²) in [7, 11) is 0. The number of hydrogen-bond acceptors (Lipinski definition) is 7. The summed E-state index contributed by atoms with van der Waals surface area (Å²) in [6, 6.07) is 5.50. The van der Waals surface area contributed by atoms with Crippen molar-refractivity contribution in [3.63, 3.8) is 0 Å². The highest BCUT2D eigenvalue weighted by atomic mass is 16.5. The van der Waals surface area contributed by atoms with E-state index in [1.54, 1.807) is 13.8 Å². The van der Waals surface area contributed by atoms with E-state index in [0.717, 1.165) is 5.56 Å². The van der Waals surface area contributed by atoms with E-state index in [0.29, 0.717) is 13.0 Å². The quantitative estimate of drug-likeness (QED) is 0.180. The van der Waals surface area contributed by atoms with Gasteiger partial charge in [0.05, 0.1) is 6.04 Å². The Morgan fingerprint density at radius 2 is 1.37 bits per heavy atom. The number of carbonyl (C=O) groups is 6. The van der Waals surface area contributed by atoms with Gasteiger partial charge in [0.25, 0.3) is 5.91 Å². The molecule has 12 heteroatoms. The summed E-state index contributed by atoms with van der Waals surface area (Å²) in [5.74, 6) is -3.75. The number of rotatable bonds is 16. The first kappa shape index (κ1) is 35.2. The monoisotopic (exact) mass is 601 g/mol. The van der Waals surface area contributed by atoms with Crippen LogP contribution in [0.1, 0.15) is 72.8 Å². The molecule has 0 bridgehead atoms. The highest BCUT2D eigenvalue weighted by molar-refractivity contribution is 6.38. The molecule has 5 N–H and O–H groups in total. The van der Waals surface area contributed by atoms with Gasteiger partial charge >= 0.3 is 6.09 Å². The van der Waals surface area contributed by atoms with Crippen LogP contribution in [0.3, 0.4) is 0 Å². The number of ether oxygens (including phenoxy) is 1. The fraction of sp³-hybridized carbons (Fsp3) is 0.613. The molecule has 4 atom stereocenters. The summed E-state index contributed by atoms with van der Waals surface area (Å²) in [5, 5.41) is 13.2. The molecule has 1 saturated heterocycles. The molecule has 2 rings (SSSR count). The molecule has 0 saturated carbocycles. The number of carbonyl (C=O) groups excluding carboxylic acids is 6. The van der Waals surface area contributed by atoms with E-state index in [-0.39, 0.29) is 49.7 Å². The second kappa shape index (κ2) is 17.2. The Balaban J connectivity index is 2.17. The molecule has 1 aliphatic rings.